The predicted octanol–water partition coefficient (Wildman–Crippen LogP) is 2.27. The minimum absolute atomic E-state index is 0.376. The van der Waals surface area contributed by atoms with Crippen LogP contribution in [0.3, 0.4) is 0 Å². The van der Waals surface area contributed by atoms with Gasteiger partial charge in [0.15, 0.2) is 0 Å². The molecule has 100 valence electrons. The van der Waals surface area contributed by atoms with Gasteiger partial charge < -0.3 is 9.84 Å². The van der Waals surface area contributed by atoms with Crippen molar-refractivity contribution < 1.29 is 14.6 Å². The SMILES string of the molecule is COc1cccc(CC(C(=O)O)c2nc(C)ns2)c1. The van der Waals surface area contributed by atoms with Gasteiger partial charge in [-0.05, 0) is 42.6 Å². The lowest BCUT2D eigenvalue weighted by Gasteiger charge is -2.10. The van der Waals surface area contributed by atoms with Crippen molar-refractivity contribution >= 4 is 17.5 Å². The molecular formula is C13H14N2O3S. The highest BCUT2D eigenvalue weighted by molar-refractivity contribution is 7.05. The predicted molar refractivity (Wildman–Crippen MR) is 71.7 cm³/mol. The first-order valence-electron chi connectivity index (χ1n) is 5.76. The van der Waals surface area contributed by atoms with Gasteiger partial charge in [-0.2, -0.15) is 4.37 Å². The van der Waals surface area contributed by atoms with Crippen LogP contribution in [0.1, 0.15) is 22.3 Å². The molecule has 1 atom stereocenters. The summed E-state index contributed by atoms with van der Waals surface area (Å²) < 4.78 is 9.17. The van der Waals surface area contributed by atoms with E-state index in [-0.39, 0.29) is 0 Å². The molecule has 0 radical (unpaired) electrons. The Morgan fingerprint density at radius 2 is 2.32 bits per heavy atom. The van der Waals surface area contributed by atoms with Gasteiger partial charge in [-0.1, -0.05) is 12.1 Å². The number of benzene rings is 1. The van der Waals surface area contributed by atoms with Crippen LogP contribution in [0.15, 0.2) is 24.3 Å². The van der Waals surface area contributed by atoms with Crippen LogP contribution in [0.2, 0.25) is 0 Å². The molecule has 1 aromatic carbocycles. The average Bonchev–Trinajstić information content (AvgIpc) is 2.82. The Morgan fingerprint density at radius 1 is 1.53 bits per heavy atom. The molecule has 0 bridgehead atoms. The number of aliphatic carboxylic acids is 1. The minimum atomic E-state index is -0.890. The average molecular weight is 278 g/mol. The van der Waals surface area contributed by atoms with E-state index in [1.807, 2.05) is 24.3 Å². The molecule has 0 saturated carbocycles. The van der Waals surface area contributed by atoms with E-state index in [2.05, 4.69) is 9.36 Å². The van der Waals surface area contributed by atoms with Gasteiger partial charge >= 0.3 is 5.97 Å². The van der Waals surface area contributed by atoms with Crippen LogP contribution >= 0.6 is 11.5 Å². The number of carboxylic acid groups (broad SMARTS) is 1. The number of carboxylic acids is 1. The van der Waals surface area contributed by atoms with E-state index >= 15 is 0 Å². The number of hydrogen-bond donors (Lipinski definition) is 1. The Kier molecular flexibility index (Phi) is 4.11. The fourth-order valence-electron chi connectivity index (χ4n) is 1.77. The molecule has 1 N–H and O–H groups in total. The Labute approximate surface area is 115 Å². The maximum Gasteiger partial charge on any atom is 0.313 e. The quantitative estimate of drug-likeness (QED) is 0.908. The largest absolute Gasteiger partial charge is 0.497 e. The lowest BCUT2D eigenvalue weighted by atomic mass is 10.00. The Morgan fingerprint density at radius 3 is 2.89 bits per heavy atom. The Hall–Kier alpha value is -1.95. The molecule has 19 heavy (non-hydrogen) atoms. The Balaban J connectivity index is 2.23. The molecule has 0 saturated heterocycles. The molecule has 0 amide bonds. The van der Waals surface area contributed by atoms with Crippen LogP contribution < -0.4 is 4.74 Å². The standard InChI is InChI=1S/C13H14N2O3S/c1-8-14-12(19-15-8)11(13(16)17)7-9-4-3-5-10(6-9)18-2/h3-6,11H,7H2,1-2H3,(H,16,17). The molecule has 5 nitrogen and oxygen atoms in total. The highest BCUT2D eigenvalue weighted by Gasteiger charge is 2.24. The van der Waals surface area contributed by atoms with E-state index in [0.717, 1.165) is 22.8 Å². The molecule has 2 aromatic rings. The third-order valence-corrected chi connectivity index (χ3v) is 3.63. The topological polar surface area (TPSA) is 72.3 Å². The van der Waals surface area contributed by atoms with Crippen LogP contribution in [-0.2, 0) is 11.2 Å². The zero-order valence-electron chi connectivity index (χ0n) is 10.7. The summed E-state index contributed by atoms with van der Waals surface area (Å²) in [6, 6.07) is 7.39. The van der Waals surface area contributed by atoms with Gasteiger partial charge in [0.05, 0.1) is 7.11 Å². The van der Waals surface area contributed by atoms with Crippen LogP contribution in [0.5, 0.6) is 5.75 Å². The fourth-order valence-corrected chi connectivity index (χ4v) is 2.52. The van der Waals surface area contributed by atoms with Crippen LogP contribution in [0.4, 0.5) is 0 Å². The molecule has 1 heterocycles. The summed E-state index contributed by atoms with van der Waals surface area (Å²) in [6.07, 6.45) is 0.376. The van der Waals surface area contributed by atoms with Crippen molar-refractivity contribution in [1.29, 1.82) is 0 Å². The molecule has 0 aliphatic carbocycles. The number of methoxy groups -OCH3 is 1. The number of ether oxygens (including phenoxy) is 1. The smallest absolute Gasteiger partial charge is 0.313 e. The summed E-state index contributed by atoms with van der Waals surface area (Å²) in [7, 11) is 1.59. The van der Waals surface area contributed by atoms with Gasteiger partial charge in [0, 0.05) is 0 Å². The lowest BCUT2D eigenvalue weighted by Crippen LogP contribution is -2.14. The van der Waals surface area contributed by atoms with Crippen LogP contribution in [-0.4, -0.2) is 27.5 Å². The number of nitrogens with zero attached hydrogens (tertiary/aromatic N) is 2. The molecule has 0 fully saturated rings. The van der Waals surface area contributed by atoms with E-state index in [4.69, 9.17) is 4.74 Å². The molecule has 1 aromatic heterocycles. The van der Waals surface area contributed by atoms with Crippen molar-refractivity contribution in [2.45, 2.75) is 19.3 Å². The summed E-state index contributed by atoms with van der Waals surface area (Å²) in [4.78, 5) is 15.5. The molecule has 0 aliphatic heterocycles. The van der Waals surface area contributed by atoms with Crippen molar-refractivity contribution in [2.24, 2.45) is 0 Å². The molecule has 0 spiro atoms. The first-order chi connectivity index (χ1) is 9.10. The zero-order valence-corrected chi connectivity index (χ0v) is 11.5. The molecular weight excluding hydrogens is 264 g/mol. The first-order valence-corrected chi connectivity index (χ1v) is 6.53. The lowest BCUT2D eigenvalue weighted by molar-refractivity contribution is -0.138. The molecule has 6 heteroatoms. The first kappa shape index (κ1) is 13.5. The van der Waals surface area contributed by atoms with Crippen molar-refractivity contribution in [3.05, 3.63) is 40.7 Å². The zero-order chi connectivity index (χ0) is 13.8. The van der Waals surface area contributed by atoms with Gasteiger partial charge in [-0.25, -0.2) is 4.98 Å². The Bertz CT molecular complexity index is 583. The minimum Gasteiger partial charge on any atom is -0.497 e. The summed E-state index contributed by atoms with van der Waals surface area (Å²) in [5.74, 6) is -0.232. The third kappa shape index (κ3) is 3.29. The van der Waals surface area contributed by atoms with E-state index in [9.17, 15) is 9.90 Å². The maximum absolute atomic E-state index is 11.4. The summed E-state index contributed by atoms with van der Waals surface area (Å²) in [6.45, 7) is 1.75. The maximum atomic E-state index is 11.4. The summed E-state index contributed by atoms with van der Waals surface area (Å²) in [5.41, 5.74) is 0.902. The van der Waals surface area contributed by atoms with E-state index in [1.165, 1.54) is 0 Å². The van der Waals surface area contributed by atoms with Gasteiger partial charge in [-0.3, -0.25) is 4.79 Å². The van der Waals surface area contributed by atoms with Crippen molar-refractivity contribution in [3.8, 4) is 5.75 Å². The van der Waals surface area contributed by atoms with E-state index < -0.39 is 11.9 Å². The normalized spacial score (nSPS) is 12.1. The molecule has 0 aliphatic rings. The van der Waals surface area contributed by atoms with E-state index in [1.54, 1.807) is 14.0 Å². The van der Waals surface area contributed by atoms with Gasteiger partial charge in [-0.15, -0.1) is 0 Å². The van der Waals surface area contributed by atoms with Crippen molar-refractivity contribution in [2.75, 3.05) is 7.11 Å². The number of rotatable bonds is 5. The number of hydrogen-bond acceptors (Lipinski definition) is 5. The van der Waals surface area contributed by atoms with Gasteiger partial charge in [0.2, 0.25) is 0 Å². The second kappa shape index (κ2) is 5.79. The number of carbonyl (C=O) groups is 1. The summed E-state index contributed by atoms with van der Waals surface area (Å²) in [5, 5.41) is 9.87. The monoisotopic (exact) mass is 278 g/mol. The fraction of sp³-hybridized carbons (Fsp3) is 0.308. The number of aromatic nitrogens is 2. The third-order valence-electron chi connectivity index (χ3n) is 2.71. The number of aryl methyl sites for hydroxylation is 1. The van der Waals surface area contributed by atoms with E-state index in [0.29, 0.717) is 17.3 Å². The molecule has 2 rings (SSSR count). The highest BCUT2D eigenvalue weighted by atomic mass is 32.1. The van der Waals surface area contributed by atoms with Gasteiger partial charge in [0.1, 0.15) is 22.5 Å². The van der Waals surface area contributed by atoms with Crippen molar-refractivity contribution in [1.82, 2.24) is 9.36 Å². The van der Waals surface area contributed by atoms with Crippen LogP contribution in [0, 0.1) is 6.92 Å². The van der Waals surface area contributed by atoms with Crippen LogP contribution in [0.25, 0.3) is 0 Å². The van der Waals surface area contributed by atoms with Gasteiger partial charge in [0.25, 0.3) is 0 Å². The molecule has 1 unspecified atom stereocenters. The van der Waals surface area contributed by atoms with Crippen molar-refractivity contribution in [3.63, 3.8) is 0 Å². The second-order valence-electron chi connectivity index (χ2n) is 4.13. The highest BCUT2D eigenvalue weighted by Crippen LogP contribution is 2.24. The second-order valence-corrected chi connectivity index (χ2v) is 4.91. The summed E-state index contributed by atoms with van der Waals surface area (Å²) >= 11 is 1.14.